The zero-order valence-electron chi connectivity index (χ0n) is 23.5. The highest BCUT2D eigenvalue weighted by Crippen LogP contribution is 2.47. The third kappa shape index (κ3) is 4.04. The molecule has 6 rings (SSSR count). The van der Waals surface area contributed by atoms with Crippen LogP contribution in [0.5, 0.6) is 0 Å². The van der Waals surface area contributed by atoms with E-state index in [1.54, 1.807) is 18.9 Å². The average molecular weight is 559 g/mol. The predicted molar refractivity (Wildman–Crippen MR) is 160 cm³/mol. The Morgan fingerprint density at radius 1 is 1.23 bits per heavy atom. The second kappa shape index (κ2) is 10.1. The highest BCUT2D eigenvalue weighted by atomic mass is 32.2. The summed E-state index contributed by atoms with van der Waals surface area (Å²) in [6, 6.07) is 8.22. The number of nitrogens with zero attached hydrogens (tertiary/aromatic N) is 6. The lowest BCUT2D eigenvalue weighted by Gasteiger charge is -2.45. The third-order valence-corrected chi connectivity index (χ3v) is 9.40. The Morgan fingerprint density at radius 3 is 2.67 bits per heavy atom. The van der Waals surface area contributed by atoms with Gasteiger partial charge < -0.3 is 14.5 Å². The number of rotatable bonds is 5. The number of ether oxygens (including phenoxy) is 1. The van der Waals surface area contributed by atoms with Gasteiger partial charge in [-0.25, -0.2) is 4.79 Å². The number of piperazine rings is 1. The van der Waals surface area contributed by atoms with Gasteiger partial charge in [-0.05, 0) is 38.5 Å². The fourth-order valence-electron chi connectivity index (χ4n) is 6.58. The number of hydrogen-bond donors (Lipinski definition) is 0. The van der Waals surface area contributed by atoms with Crippen LogP contribution in [0.1, 0.15) is 25.5 Å². The maximum Gasteiger partial charge on any atom is 0.350 e. The molecule has 208 valence electrons. The number of hydrogen-bond acceptors (Lipinski definition) is 7. The highest BCUT2D eigenvalue weighted by Gasteiger charge is 2.35. The largest absolute Gasteiger partial charge is 0.383 e. The van der Waals surface area contributed by atoms with Crippen LogP contribution in [0.25, 0.3) is 32.9 Å². The SMILES string of the molecule is C=CC(=O)N1[C@H](C)CN(c2nc(=O)n3c4c(c(-c5cccc6cnn(C)c56)c(C)cc24)SCC3COC)C[C@@H]1C. The lowest BCUT2D eigenvalue weighted by Crippen LogP contribution is -2.58. The van der Waals surface area contributed by atoms with Crippen molar-refractivity contribution in [3.63, 3.8) is 0 Å². The Labute approximate surface area is 237 Å². The van der Waals surface area contributed by atoms with E-state index in [2.05, 4.69) is 47.8 Å². The van der Waals surface area contributed by atoms with Gasteiger partial charge in [-0.1, -0.05) is 24.8 Å². The second-order valence-corrected chi connectivity index (χ2v) is 11.9. The standard InChI is InChI=1S/C30H34N6O3S/c1-7-24(37)35-18(3)13-34(14-19(35)4)29-23-11-17(2)25(22-10-8-9-20-12-31-33(5)26(20)22)28-27(23)36(30(38)32-29)21(15-39-6)16-40-28/h7-12,18-19,21H,1,13-16H2,2-6H3/t18-,19+,21?. The van der Waals surface area contributed by atoms with Gasteiger partial charge in [0.15, 0.2) is 0 Å². The summed E-state index contributed by atoms with van der Waals surface area (Å²) >= 11 is 1.77. The molecule has 40 heavy (non-hydrogen) atoms. The van der Waals surface area contributed by atoms with Crippen molar-refractivity contribution in [1.82, 2.24) is 24.2 Å². The van der Waals surface area contributed by atoms with Crippen molar-refractivity contribution >= 4 is 45.3 Å². The monoisotopic (exact) mass is 558 g/mol. The van der Waals surface area contributed by atoms with Crippen LogP contribution in [0.15, 0.2) is 52.8 Å². The summed E-state index contributed by atoms with van der Waals surface area (Å²) in [6.45, 7) is 11.5. The third-order valence-electron chi connectivity index (χ3n) is 8.16. The van der Waals surface area contributed by atoms with Crippen molar-refractivity contribution in [2.75, 3.05) is 37.5 Å². The van der Waals surface area contributed by atoms with Crippen LogP contribution < -0.4 is 10.6 Å². The molecule has 1 saturated heterocycles. The molecule has 0 saturated carbocycles. The summed E-state index contributed by atoms with van der Waals surface area (Å²) < 4.78 is 9.29. The first-order chi connectivity index (χ1) is 19.2. The number of carbonyl (C=O) groups is 1. The molecular formula is C30H34N6O3S. The summed E-state index contributed by atoms with van der Waals surface area (Å²) in [7, 11) is 3.63. The number of para-hydroxylation sites is 1. The summed E-state index contributed by atoms with van der Waals surface area (Å²) in [4.78, 5) is 36.2. The molecule has 0 spiro atoms. The zero-order chi connectivity index (χ0) is 28.3. The first-order valence-electron chi connectivity index (χ1n) is 13.6. The van der Waals surface area contributed by atoms with Crippen molar-refractivity contribution in [1.29, 1.82) is 0 Å². The molecular weight excluding hydrogens is 524 g/mol. The Balaban J connectivity index is 1.61. The summed E-state index contributed by atoms with van der Waals surface area (Å²) in [5.41, 5.74) is 5.03. The molecule has 10 heteroatoms. The molecule has 2 aromatic carbocycles. The van der Waals surface area contributed by atoms with Gasteiger partial charge in [-0.15, -0.1) is 11.8 Å². The van der Waals surface area contributed by atoms with Crippen molar-refractivity contribution in [3.8, 4) is 11.1 Å². The minimum Gasteiger partial charge on any atom is -0.383 e. The van der Waals surface area contributed by atoms with Crippen LogP contribution in [0.4, 0.5) is 5.82 Å². The van der Waals surface area contributed by atoms with E-state index in [4.69, 9.17) is 9.72 Å². The van der Waals surface area contributed by atoms with Gasteiger partial charge in [-0.2, -0.15) is 10.1 Å². The molecule has 9 nitrogen and oxygen atoms in total. The van der Waals surface area contributed by atoms with Gasteiger partial charge in [-0.3, -0.25) is 14.0 Å². The zero-order valence-corrected chi connectivity index (χ0v) is 24.4. The summed E-state index contributed by atoms with van der Waals surface area (Å²) in [5.74, 6) is 1.31. The fourth-order valence-corrected chi connectivity index (χ4v) is 7.95. The van der Waals surface area contributed by atoms with E-state index < -0.39 is 0 Å². The number of amides is 1. The van der Waals surface area contributed by atoms with E-state index in [0.717, 1.165) is 43.4 Å². The lowest BCUT2D eigenvalue weighted by molar-refractivity contribution is -0.130. The lowest BCUT2D eigenvalue weighted by atomic mass is 9.95. The quantitative estimate of drug-likeness (QED) is 0.340. The molecule has 3 atom stereocenters. The van der Waals surface area contributed by atoms with Gasteiger partial charge in [0.05, 0.1) is 29.9 Å². The molecule has 1 fully saturated rings. The van der Waals surface area contributed by atoms with Gasteiger partial charge in [0.25, 0.3) is 0 Å². The first-order valence-corrected chi connectivity index (χ1v) is 14.6. The van der Waals surface area contributed by atoms with E-state index in [1.807, 2.05) is 41.2 Å². The molecule has 1 amide bonds. The Hall–Kier alpha value is -3.63. The van der Waals surface area contributed by atoms with Crippen LogP contribution >= 0.6 is 11.8 Å². The molecule has 0 N–H and O–H groups in total. The summed E-state index contributed by atoms with van der Waals surface area (Å²) in [5, 5.41) is 6.54. The fraction of sp³-hybridized carbons (Fsp3) is 0.400. The highest BCUT2D eigenvalue weighted by molar-refractivity contribution is 7.99. The van der Waals surface area contributed by atoms with Crippen LogP contribution in [-0.4, -0.2) is 74.8 Å². The summed E-state index contributed by atoms with van der Waals surface area (Å²) in [6.07, 6.45) is 3.26. The number of aromatic nitrogens is 4. The molecule has 1 unspecified atom stereocenters. The van der Waals surface area contributed by atoms with Gasteiger partial charge in [0.2, 0.25) is 5.91 Å². The van der Waals surface area contributed by atoms with Crippen LogP contribution in [0.2, 0.25) is 0 Å². The second-order valence-electron chi connectivity index (χ2n) is 10.9. The number of benzene rings is 2. The normalized spacial score (nSPS) is 20.9. The van der Waals surface area contributed by atoms with E-state index >= 15 is 0 Å². The molecule has 4 aromatic rings. The molecule has 0 aliphatic carbocycles. The van der Waals surface area contributed by atoms with E-state index in [0.29, 0.717) is 31.3 Å². The number of anilines is 1. The number of carbonyl (C=O) groups excluding carboxylic acids is 1. The predicted octanol–water partition coefficient (Wildman–Crippen LogP) is 4.16. The van der Waals surface area contributed by atoms with Gasteiger partial charge in [0, 0.05) is 71.9 Å². The minimum absolute atomic E-state index is 0.0562. The van der Waals surface area contributed by atoms with Gasteiger partial charge >= 0.3 is 5.69 Å². The van der Waals surface area contributed by atoms with Crippen LogP contribution in [0, 0.1) is 6.92 Å². The Kier molecular flexibility index (Phi) is 6.70. The average Bonchev–Trinajstić information content (AvgIpc) is 3.31. The molecule has 2 aromatic heterocycles. The number of thioether (sulfide) groups is 1. The maximum atomic E-state index is 13.8. The minimum atomic E-state index is -0.274. The molecule has 4 heterocycles. The molecule has 2 aliphatic heterocycles. The van der Waals surface area contributed by atoms with Crippen LogP contribution in [0.3, 0.4) is 0 Å². The molecule has 2 aliphatic rings. The molecule has 0 bridgehead atoms. The number of methoxy groups -OCH3 is 1. The van der Waals surface area contributed by atoms with Crippen molar-refractivity contribution in [3.05, 3.63) is 59.2 Å². The smallest absolute Gasteiger partial charge is 0.350 e. The van der Waals surface area contributed by atoms with E-state index in [9.17, 15) is 9.59 Å². The van der Waals surface area contributed by atoms with Crippen molar-refractivity contribution in [2.45, 2.75) is 43.8 Å². The maximum absolute atomic E-state index is 13.8. The topological polar surface area (TPSA) is 85.5 Å². The van der Waals surface area contributed by atoms with Gasteiger partial charge in [0.1, 0.15) is 5.82 Å². The molecule has 0 radical (unpaired) electrons. The first kappa shape index (κ1) is 26.6. The van der Waals surface area contributed by atoms with Crippen molar-refractivity contribution < 1.29 is 9.53 Å². The number of fused-ring (bicyclic) bond motifs is 1. The number of aryl methyl sites for hydroxylation is 2. The van der Waals surface area contributed by atoms with Crippen molar-refractivity contribution in [2.24, 2.45) is 7.05 Å². The van der Waals surface area contributed by atoms with E-state index in [1.165, 1.54) is 6.08 Å². The van der Waals surface area contributed by atoms with Crippen LogP contribution in [-0.2, 0) is 16.6 Å². The van der Waals surface area contributed by atoms with E-state index in [-0.39, 0.29) is 29.7 Å². The Bertz CT molecular complexity index is 1710. The Morgan fingerprint density at radius 2 is 1.98 bits per heavy atom.